The Morgan fingerprint density at radius 2 is 1.68 bits per heavy atom. The third-order valence-electron chi connectivity index (χ3n) is 5.99. The maximum Gasteiger partial charge on any atom is 0.409 e. The molecule has 0 radical (unpaired) electrons. The van der Waals surface area contributed by atoms with Crippen molar-refractivity contribution in [3.05, 3.63) is 47.8 Å². The topological polar surface area (TPSA) is 162 Å². The summed E-state index contributed by atoms with van der Waals surface area (Å²) in [4.78, 5) is 61.5. The van der Waals surface area contributed by atoms with E-state index in [1.54, 1.807) is 31.2 Å². The number of hydrogen-bond donors (Lipinski definition) is 3. The Bertz CT molecular complexity index is 1160. The number of benzene rings is 1. The van der Waals surface area contributed by atoms with Crippen molar-refractivity contribution in [2.45, 2.75) is 45.3 Å². The maximum atomic E-state index is 13.3. The Morgan fingerprint density at radius 1 is 1.05 bits per heavy atom. The van der Waals surface area contributed by atoms with Gasteiger partial charge in [-0.25, -0.2) is 14.8 Å². The number of carbonyl (C=O) groups is 4. The fraction of sp³-hybridized carbons (Fsp3) is 0.462. The first-order chi connectivity index (χ1) is 18.0. The van der Waals surface area contributed by atoms with Gasteiger partial charge in [-0.05, 0) is 33.3 Å². The first kappa shape index (κ1) is 28.5. The van der Waals surface area contributed by atoms with Gasteiger partial charge in [0.1, 0.15) is 17.3 Å². The summed E-state index contributed by atoms with van der Waals surface area (Å²) < 4.78 is 5.00. The number of nitrogens with zero attached hydrogens (tertiary/aromatic N) is 4. The van der Waals surface area contributed by atoms with Gasteiger partial charge in [0.15, 0.2) is 5.82 Å². The molecule has 0 bridgehead atoms. The average molecular weight is 528 g/mol. The second-order valence-electron chi connectivity index (χ2n) is 9.36. The van der Waals surface area contributed by atoms with E-state index in [4.69, 9.17) is 4.74 Å². The number of aliphatic carboxylic acids is 1. The van der Waals surface area contributed by atoms with Gasteiger partial charge in [-0.15, -0.1) is 0 Å². The van der Waals surface area contributed by atoms with E-state index < -0.39 is 35.5 Å². The van der Waals surface area contributed by atoms with Gasteiger partial charge in [0, 0.05) is 38.2 Å². The van der Waals surface area contributed by atoms with Gasteiger partial charge >= 0.3 is 12.1 Å². The molecule has 2 aromatic rings. The molecule has 1 atom stereocenters. The molecular formula is C26H33N5O7. The van der Waals surface area contributed by atoms with E-state index >= 15 is 0 Å². The Morgan fingerprint density at radius 3 is 2.26 bits per heavy atom. The summed E-state index contributed by atoms with van der Waals surface area (Å²) >= 11 is 0. The van der Waals surface area contributed by atoms with E-state index in [0.29, 0.717) is 5.56 Å². The molecule has 1 aliphatic heterocycles. The van der Waals surface area contributed by atoms with Crippen LogP contribution >= 0.6 is 0 Å². The Kier molecular flexibility index (Phi) is 9.35. The van der Waals surface area contributed by atoms with Crippen LogP contribution < -0.4 is 5.32 Å². The summed E-state index contributed by atoms with van der Waals surface area (Å²) in [5.74, 6) is -2.05. The molecule has 3 amide bonds. The number of aliphatic hydroxyl groups is 1. The van der Waals surface area contributed by atoms with E-state index in [1.807, 2.05) is 6.07 Å². The first-order valence-electron chi connectivity index (χ1n) is 12.4. The van der Waals surface area contributed by atoms with Gasteiger partial charge in [-0.3, -0.25) is 14.4 Å². The SMILES string of the molecule is CCOC(=O)N1CCN(C(=O)[C@H](CCC(=O)O)NC(=O)c2cc(C(C)(C)O)nc(-c3ccccc3)n2)CC1. The Labute approximate surface area is 220 Å². The van der Waals surface area contributed by atoms with Crippen molar-refractivity contribution in [2.75, 3.05) is 32.8 Å². The Hall–Kier alpha value is -4.06. The first-order valence-corrected chi connectivity index (χ1v) is 12.4. The third-order valence-corrected chi connectivity index (χ3v) is 5.99. The molecule has 2 heterocycles. The molecule has 38 heavy (non-hydrogen) atoms. The number of carboxylic acids is 1. The fourth-order valence-corrected chi connectivity index (χ4v) is 3.90. The molecule has 1 aromatic carbocycles. The number of piperazine rings is 1. The zero-order valence-electron chi connectivity index (χ0n) is 21.7. The fourth-order valence-electron chi connectivity index (χ4n) is 3.90. The number of nitrogens with one attached hydrogen (secondary N) is 1. The molecule has 0 spiro atoms. The van der Waals surface area contributed by atoms with Gasteiger partial charge in [0.25, 0.3) is 5.91 Å². The molecular weight excluding hydrogens is 494 g/mol. The van der Waals surface area contributed by atoms with Crippen molar-refractivity contribution in [2.24, 2.45) is 0 Å². The Balaban J connectivity index is 1.82. The molecule has 1 aliphatic rings. The summed E-state index contributed by atoms with van der Waals surface area (Å²) in [6.07, 6.45) is -0.934. The predicted molar refractivity (Wildman–Crippen MR) is 136 cm³/mol. The highest BCUT2D eigenvalue weighted by atomic mass is 16.6. The van der Waals surface area contributed by atoms with Crippen LogP contribution in [0.1, 0.15) is 49.8 Å². The van der Waals surface area contributed by atoms with Crippen LogP contribution in [-0.2, 0) is 19.9 Å². The van der Waals surface area contributed by atoms with Crippen LogP contribution in [0.3, 0.4) is 0 Å². The smallest absolute Gasteiger partial charge is 0.409 e. The van der Waals surface area contributed by atoms with Crippen molar-refractivity contribution < 1.29 is 34.1 Å². The number of carboxylic acid groups (broad SMARTS) is 1. The molecule has 0 saturated carbocycles. The zero-order valence-corrected chi connectivity index (χ0v) is 21.7. The van der Waals surface area contributed by atoms with Crippen molar-refractivity contribution >= 4 is 23.9 Å². The lowest BCUT2D eigenvalue weighted by atomic mass is 10.0. The minimum atomic E-state index is -1.38. The van der Waals surface area contributed by atoms with Gasteiger partial charge < -0.3 is 30.1 Å². The van der Waals surface area contributed by atoms with Gasteiger partial charge in [-0.2, -0.15) is 0 Å². The van der Waals surface area contributed by atoms with Crippen LogP contribution in [0.25, 0.3) is 11.4 Å². The normalized spacial score (nSPS) is 14.5. The maximum absolute atomic E-state index is 13.3. The highest BCUT2D eigenvalue weighted by Crippen LogP contribution is 2.23. The molecule has 204 valence electrons. The lowest BCUT2D eigenvalue weighted by Crippen LogP contribution is -2.56. The van der Waals surface area contributed by atoms with E-state index in [0.717, 1.165) is 0 Å². The number of ether oxygens (including phenoxy) is 1. The molecule has 0 aliphatic carbocycles. The van der Waals surface area contributed by atoms with Crippen LogP contribution in [-0.4, -0.2) is 92.7 Å². The standard InChI is InChI=1S/C26H33N5O7/c1-4-38-25(36)31-14-12-30(13-15-31)24(35)18(10-11-21(32)33)28-23(34)19-16-20(26(2,3)37)29-22(27-19)17-8-6-5-7-9-17/h5-9,16,18,37H,4,10-15H2,1-3H3,(H,28,34)(H,32,33)/t18-/m0/s1. The largest absolute Gasteiger partial charge is 0.481 e. The van der Waals surface area contributed by atoms with Gasteiger partial charge in [-0.1, -0.05) is 30.3 Å². The number of rotatable bonds is 9. The highest BCUT2D eigenvalue weighted by molar-refractivity contribution is 5.96. The summed E-state index contributed by atoms with van der Waals surface area (Å²) in [5, 5.41) is 22.4. The van der Waals surface area contributed by atoms with Gasteiger partial charge in [0.2, 0.25) is 5.91 Å². The number of carbonyl (C=O) groups excluding carboxylic acids is 3. The second-order valence-corrected chi connectivity index (χ2v) is 9.36. The molecule has 0 unspecified atom stereocenters. The van der Waals surface area contributed by atoms with E-state index in [2.05, 4.69) is 15.3 Å². The molecule has 3 rings (SSSR count). The molecule has 1 aromatic heterocycles. The highest BCUT2D eigenvalue weighted by Gasteiger charge is 2.32. The van der Waals surface area contributed by atoms with Crippen molar-refractivity contribution in [3.63, 3.8) is 0 Å². The number of amides is 3. The van der Waals surface area contributed by atoms with Crippen molar-refractivity contribution in [3.8, 4) is 11.4 Å². The zero-order chi connectivity index (χ0) is 27.9. The van der Waals surface area contributed by atoms with E-state index in [1.165, 1.54) is 29.7 Å². The molecule has 12 heteroatoms. The third kappa shape index (κ3) is 7.48. The van der Waals surface area contributed by atoms with Crippen LogP contribution in [0.4, 0.5) is 4.79 Å². The minimum absolute atomic E-state index is 0.0729. The van der Waals surface area contributed by atoms with E-state index in [9.17, 15) is 29.4 Å². The number of aromatic nitrogens is 2. The summed E-state index contributed by atoms with van der Waals surface area (Å²) in [5.41, 5.74) is -0.611. The van der Waals surface area contributed by atoms with Gasteiger partial charge in [0.05, 0.1) is 12.3 Å². The quantitative estimate of drug-likeness (QED) is 0.440. The van der Waals surface area contributed by atoms with Crippen LogP contribution in [0.5, 0.6) is 0 Å². The van der Waals surface area contributed by atoms with Crippen LogP contribution in [0.15, 0.2) is 36.4 Å². The minimum Gasteiger partial charge on any atom is -0.481 e. The second kappa shape index (κ2) is 12.5. The van der Waals surface area contributed by atoms with Crippen LogP contribution in [0.2, 0.25) is 0 Å². The number of hydrogen-bond acceptors (Lipinski definition) is 8. The lowest BCUT2D eigenvalue weighted by Gasteiger charge is -2.35. The molecule has 3 N–H and O–H groups in total. The van der Waals surface area contributed by atoms with Crippen molar-refractivity contribution in [1.29, 1.82) is 0 Å². The van der Waals surface area contributed by atoms with E-state index in [-0.39, 0.29) is 62.8 Å². The predicted octanol–water partition coefficient (Wildman–Crippen LogP) is 1.63. The summed E-state index contributed by atoms with van der Waals surface area (Å²) in [7, 11) is 0. The molecule has 12 nitrogen and oxygen atoms in total. The summed E-state index contributed by atoms with van der Waals surface area (Å²) in [6, 6.07) is 9.14. The average Bonchev–Trinajstić information content (AvgIpc) is 2.90. The van der Waals surface area contributed by atoms with Crippen LogP contribution in [0, 0.1) is 0 Å². The molecule has 1 saturated heterocycles. The van der Waals surface area contributed by atoms with Crippen molar-refractivity contribution in [1.82, 2.24) is 25.1 Å². The monoisotopic (exact) mass is 527 g/mol. The summed E-state index contributed by atoms with van der Waals surface area (Å²) in [6.45, 7) is 5.94. The lowest BCUT2D eigenvalue weighted by molar-refractivity contribution is -0.138. The molecule has 1 fully saturated rings.